The van der Waals surface area contributed by atoms with Crippen LogP contribution in [-0.2, 0) is 0 Å². The molecule has 0 aliphatic rings. The number of rotatable bonds is 5. The van der Waals surface area contributed by atoms with Crippen LogP contribution in [0.25, 0.3) is 11.6 Å². The number of hydrogen-bond donors (Lipinski definition) is 1. The summed E-state index contributed by atoms with van der Waals surface area (Å²) < 4.78 is 15.9. The summed E-state index contributed by atoms with van der Waals surface area (Å²) in [6.45, 7) is 0. The van der Waals surface area contributed by atoms with Crippen molar-refractivity contribution in [3.8, 4) is 29.1 Å². The smallest absolute Gasteiger partial charge is 0.203 e. The van der Waals surface area contributed by atoms with Crippen LogP contribution in [0.1, 0.15) is 11.1 Å². The number of nitrogens with zero attached hydrogens (tertiary/aromatic N) is 1. The van der Waals surface area contributed by atoms with Gasteiger partial charge < -0.3 is 19.3 Å². The van der Waals surface area contributed by atoms with Crippen molar-refractivity contribution < 1.29 is 19.3 Å². The molecule has 0 fully saturated rings. The van der Waals surface area contributed by atoms with Crippen molar-refractivity contribution in [1.29, 1.82) is 5.26 Å². The quantitative estimate of drug-likeness (QED) is 0.676. The van der Waals surface area contributed by atoms with Crippen LogP contribution >= 0.6 is 0 Å². The van der Waals surface area contributed by atoms with Gasteiger partial charge in [0.15, 0.2) is 11.5 Å². The van der Waals surface area contributed by atoms with E-state index >= 15 is 0 Å². The third-order valence-electron chi connectivity index (χ3n) is 3.30. The first-order valence-corrected chi connectivity index (χ1v) is 6.84. The summed E-state index contributed by atoms with van der Waals surface area (Å²) >= 11 is 0. The van der Waals surface area contributed by atoms with Gasteiger partial charge in [0.05, 0.1) is 33.0 Å². The second kappa shape index (κ2) is 7.23. The third-order valence-corrected chi connectivity index (χ3v) is 3.30. The Balaban J connectivity index is 2.53. The van der Waals surface area contributed by atoms with Crippen molar-refractivity contribution >= 4 is 11.6 Å². The monoisotopic (exact) mass is 311 g/mol. The molecule has 23 heavy (non-hydrogen) atoms. The molecule has 2 aromatic rings. The Morgan fingerprint density at radius 2 is 1.57 bits per heavy atom. The highest BCUT2D eigenvalue weighted by Crippen LogP contribution is 2.40. The Hall–Kier alpha value is -3.13. The van der Waals surface area contributed by atoms with E-state index in [-0.39, 0.29) is 5.75 Å². The number of benzene rings is 2. The number of phenolic OH excluding ortho intramolecular Hbond substituents is 1. The molecule has 0 aliphatic carbocycles. The Labute approximate surface area is 135 Å². The highest BCUT2D eigenvalue weighted by atomic mass is 16.5. The van der Waals surface area contributed by atoms with E-state index in [0.717, 1.165) is 5.56 Å². The molecule has 5 heteroatoms. The summed E-state index contributed by atoms with van der Waals surface area (Å²) in [5, 5.41) is 18.8. The number of phenols is 1. The lowest BCUT2D eigenvalue weighted by atomic mass is 10.0. The molecule has 2 rings (SSSR count). The fraction of sp³-hybridized carbons (Fsp3) is 0.167. The van der Waals surface area contributed by atoms with Gasteiger partial charge in [-0.2, -0.15) is 5.26 Å². The number of allylic oxidation sites excluding steroid dienone is 1. The minimum absolute atomic E-state index is 0.174. The van der Waals surface area contributed by atoms with E-state index in [1.54, 1.807) is 42.5 Å². The summed E-state index contributed by atoms with van der Waals surface area (Å²) in [5.41, 5.74) is 1.89. The molecule has 118 valence electrons. The minimum atomic E-state index is 0.174. The highest BCUT2D eigenvalue weighted by molar-refractivity contribution is 5.90. The van der Waals surface area contributed by atoms with E-state index < -0.39 is 0 Å². The molecule has 0 aromatic heterocycles. The molecule has 0 radical (unpaired) electrons. The van der Waals surface area contributed by atoms with Crippen LogP contribution in [0, 0.1) is 11.3 Å². The van der Waals surface area contributed by atoms with E-state index in [0.29, 0.717) is 28.4 Å². The molecule has 0 saturated carbocycles. The van der Waals surface area contributed by atoms with Gasteiger partial charge in [-0.25, -0.2) is 0 Å². The number of hydrogen-bond acceptors (Lipinski definition) is 5. The number of nitriles is 1. The van der Waals surface area contributed by atoms with Gasteiger partial charge in [-0.1, -0.05) is 12.1 Å². The number of methoxy groups -OCH3 is 3. The van der Waals surface area contributed by atoms with Crippen molar-refractivity contribution in [1.82, 2.24) is 0 Å². The predicted octanol–water partition coefficient (Wildman–Crippen LogP) is 3.48. The largest absolute Gasteiger partial charge is 0.508 e. The maximum absolute atomic E-state index is 9.47. The van der Waals surface area contributed by atoms with Crippen molar-refractivity contribution in [2.24, 2.45) is 0 Å². The molecule has 1 N–H and O–H groups in total. The van der Waals surface area contributed by atoms with Gasteiger partial charge in [-0.05, 0) is 41.5 Å². The molecule has 0 aliphatic heterocycles. The van der Waals surface area contributed by atoms with Crippen LogP contribution in [0.3, 0.4) is 0 Å². The molecule has 0 heterocycles. The van der Waals surface area contributed by atoms with Gasteiger partial charge in [0, 0.05) is 0 Å². The van der Waals surface area contributed by atoms with E-state index in [4.69, 9.17) is 14.2 Å². The lowest BCUT2D eigenvalue weighted by Gasteiger charge is -2.13. The molecule has 0 spiro atoms. The van der Waals surface area contributed by atoms with Gasteiger partial charge >= 0.3 is 0 Å². The van der Waals surface area contributed by atoms with Crippen molar-refractivity contribution in [2.45, 2.75) is 0 Å². The van der Waals surface area contributed by atoms with Crippen molar-refractivity contribution in [3.63, 3.8) is 0 Å². The van der Waals surface area contributed by atoms with Crippen LogP contribution in [0.15, 0.2) is 36.4 Å². The first-order valence-electron chi connectivity index (χ1n) is 6.84. The first kappa shape index (κ1) is 16.2. The highest BCUT2D eigenvalue weighted by Gasteiger charge is 2.15. The number of ether oxygens (including phenoxy) is 3. The normalized spacial score (nSPS) is 10.8. The number of aromatic hydroxyl groups is 1. The van der Waals surface area contributed by atoms with E-state index in [1.807, 2.05) is 0 Å². The topological polar surface area (TPSA) is 71.7 Å². The molecule has 0 unspecified atom stereocenters. The zero-order chi connectivity index (χ0) is 16.8. The first-order chi connectivity index (χ1) is 11.1. The van der Waals surface area contributed by atoms with Gasteiger partial charge in [0.2, 0.25) is 5.75 Å². The third kappa shape index (κ3) is 3.55. The van der Waals surface area contributed by atoms with Crippen molar-refractivity contribution in [2.75, 3.05) is 21.3 Å². The Morgan fingerprint density at radius 3 is 2.00 bits per heavy atom. The van der Waals surface area contributed by atoms with Crippen LogP contribution in [0.2, 0.25) is 0 Å². The van der Waals surface area contributed by atoms with Gasteiger partial charge in [0.1, 0.15) is 5.75 Å². The van der Waals surface area contributed by atoms with E-state index in [2.05, 4.69) is 6.07 Å². The summed E-state index contributed by atoms with van der Waals surface area (Å²) in [7, 11) is 4.57. The van der Waals surface area contributed by atoms with Crippen molar-refractivity contribution in [3.05, 3.63) is 47.5 Å². The Kier molecular flexibility index (Phi) is 5.11. The summed E-state index contributed by atoms with van der Waals surface area (Å²) in [4.78, 5) is 0. The Bertz CT molecular complexity index is 733. The van der Waals surface area contributed by atoms with Gasteiger partial charge in [-0.3, -0.25) is 0 Å². The summed E-state index contributed by atoms with van der Waals surface area (Å²) in [6.07, 6.45) is 1.72. The summed E-state index contributed by atoms with van der Waals surface area (Å²) in [6, 6.07) is 12.2. The fourth-order valence-electron chi connectivity index (χ4n) is 2.15. The van der Waals surface area contributed by atoms with Gasteiger partial charge in [0.25, 0.3) is 0 Å². The molecule has 5 nitrogen and oxygen atoms in total. The maximum atomic E-state index is 9.47. The second-order valence-electron chi connectivity index (χ2n) is 4.68. The molecule has 2 aromatic carbocycles. The summed E-state index contributed by atoms with van der Waals surface area (Å²) in [5.74, 6) is 1.61. The average Bonchev–Trinajstić information content (AvgIpc) is 2.59. The molecular formula is C18H17NO4. The SMILES string of the molecule is COc1cc(/C(C#N)=C/c2ccc(O)cc2)cc(OC)c1OC. The average molecular weight is 311 g/mol. The predicted molar refractivity (Wildman–Crippen MR) is 87.7 cm³/mol. The fourth-order valence-corrected chi connectivity index (χ4v) is 2.15. The maximum Gasteiger partial charge on any atom is 0.203 e. The Morgan fingerprint density at radius 1 is 1.00 bits per heavy atom. The van der Waals surface area contributed by atoms with Crippen LogP contribution in [0.5, 0.6) is 23.0 Å². The van der Waals surface area contributed by atoms with Crippen LogP contribution < -0.4 is 14.2 Å². The van der Waals surface area contributed by atoms with E-state index in [9.17, 15) is 10.4 Å². The van der Waals surface area contributed by atoms with Crippen LogP contribution in [0.4, 0.5) is 0 Å². The standard InChI is InChI=1S/C18H17NO4/c1-21-16-9-13(10-17(22-2)18(16)23-3)14(11-19)8-12-4-6-15(20)7-5-12/h4-10,20H,1-3H3/b14-8+. The van der Waals surface area contributed by atoms with Gasteiger partial charge in [-0.15, -0.1) is 0 Å². The molecule has 0 saturated heterocycles. The van der Waals surface area contributed by atoms with Crippen LogP contribution in [-0.4, -0.2) is 26.4 Å². The molecule has 0 amide bonds. The second-order valence-corrected chi connectivity index (χ2v) is 4.68. The van der Waals surface area contributed by atoms with E-state index in [1.165, 1.54) is 21.3 Å². The zero-order valence-corrected chi connectivity index (χ0v) is 13.2. The molecular weight excluding hydrogens is 294 g/mol. The minimum Gasteiger partial charge on any atom is -0.508 e. The lowest BCUT2D eigenvalue weighted by Crippen LogP contribution is -1.96. The molecule has 0 atom stereocenters. The molecule has 0 bridgehead atoms. The lowest BCUT2D eigenvalue weighted by molar-refractivity contribution is 0.324. The zero-order valence-electron chi connectivity index (χ0n) is 13.2.